The topological polar surface area (TPSA) is 51.0 Å². The number of nitrogens with one attached hydrogen (secondary N) is 1. The average molecular weight is 239 g/mol. The Kier molecular flexibility index (Phi) is 3.77. The monoisotopic (exact) mass is 239 g/mol. The summed E-state index contributed by atoms with van der Waals surface area (Å²) >= 11 is 0. The largest absolute Gasteiger partial charge is 0.343 e. The van der Waals surface area contributed by atoms with Crippen molar-refractivity contribution >= 4 is 0 Å². The van der Waals surface area contributed by atoms with Crippen molar-refractivity contribution in [1.82, 2.24) is 15.5 Å². The molecule has 1 aromatic carbocycles. The maximum atomic E-state index is 13.2. The fraction of sp³-hybridized carbons (Fsp3) is 0.273. The minimum Gasteiger partial charge on any atom is -0.343 e. The van der Waals surface area contributed by atoms with Gasteiger partial charge in [0.05, 0.1) is 0 Å². The standard InChI is InChI=1S/C11H11F2N3O/c12-9-1-2-10(13)8(5-9)6-14-4-3-11-15-7-17-16-11/h1-2,5,7,14H,3-4,6H2. The van der Waals surface area contributed by atoms with E-state index >= 15 is 0 Å². The molecule has 0 aliphatic heterocycles. The van der Waals surface area contributed by atoms with Gasteiger partial charge in [0.2, 0.25) is 6.39 Å². The Morgan fingerprint density at radius 3 is 2.94 bits per heavy atom. The van der Waals surface area contributed by atoms with Gasteiger partial charge in [-0.3, -0.25) is 0 Å². The lowest BCUT2D eigenvalue weighted by molar-refractivity contribution is 0.409. The van der Waals surface area contributed by atoms with E-state index in [2.05, 4.69) is 20.0 Å². The molecule has 1 heterocycles. The van der Waals surface area contributed by atoms with Crippen LogP contribution < -0.4 is 5.32 Å². The van der Waals surface area contributed by atoms with Crippen molar-refractivity contribution in [3.05, 3.63) is 47.6 Å². The van der Waals surface area contributed by atoms with Crippen molar-refractivity contribution in [3.8, 4) is 0 Å². The number of nitrogens with zero attached hydrogens (tertiary/aromatic N) is 2. The minimum atomic E-state index is -0.443. The summed E-state index contributed by atoms with van der Waals surface area (Å²) in [5.41, 5.74) is 0.304. The lowest BCUT2D eigenvalue weighted by atomic mass is 10.2. The molecule has 2 aromatic rings. The third-order valence-electron chi connectivity index (χ3n) is 2.26. The molecule has 0 unspecified atom stereocenters. The van der Waals surface area contributed by atoms with Crippen molar-refractivity contribution in [2.45, 2.75) is 13.0 Å². The highest BCUT2D eigenvalue weighted by Gasteiger charge is 2.03. The number of hydrogen-bond donors (Lipinski definition) is 1. The van der Waals surface area contributed by atoms with E-state index in [9.17, 15) is 8.78 Å². The molecule has 90 valence electrons. The van der Waals surface area contributed by atoms with Gasteiger partial charge in [0, 0.05) is 25.1 Å². The van der Waals surface area contributed by atoms with E-state index in [1.54, 1.807) is 0 Å². The Morgan fingerprint density at radius 1 is 1.29 bits per heavy atom. The SMILES string of the molecule is Fc1ccc(F)c(CNCCc2ncon2)c1. The van der Waals surface area contributed by atoms with Gasteiger partial charge in [0.25, 0.3) is 0 Å². The number of benzene rings is 1. The molecule has 0 aliphatic rings. The Bertz CT molecular complexity index is 474. The zero-order valence-electron chi connectivity index (χ0n) is 8.99. The molecule has 4 nitrogen and oxygen atoms in total. The van der Waals surface area contributed by atoms with E-state index in [-0.39, 0.29) is 6.54 Å². The first-order chi connectivity index (χ1) is 8.25. The quantitative estimate of drug-likeness (QED) is 0.806. The molecule has 0 saturated carbocycles. The number of aromatic nitrogens is 2. The van der Waals surface area contributed by atoms with Gasteiger partial charge < -0.3 is 9.84 Å². The Labute approximate surface area is 96.6 Å². The van der Waals surface area contributed by atoms with E-state index in [1.165, 1.54) is 12.5 Å². The Balaban J connectivity index is 1.80. The van der Waals surface area contributed by atoms with Crippen LogP contribution in [0.25, 0.3) is 0 Å². The van der Waals surface area contributed by atoms with Crippen LogP contribution in [-0.4, -0.2) is 16.7 Å². The third kappa shape index (κ3) is 3.32. The van der Waals surface area contributed by atoms with Gasteiger partial charge >= 0.3 is 0 Å². The molecule has 17 heavy (non-hydrogen) atoms. The molecule has 0 radical (unpaired) electrons. The van der Waals surface area contributed by atoms with E-state index in [1.807, 2.05) is 0 Å². The summed E-state index contributed by atoms with van der Waals surface area (Å²) in [6, 6.07) is 3.39. The smallest absolute Gasteiger partial charge is 0.213 e. The highest BCUT2D eigenvalue weighted by molar-refractivity contribution is 5.18. The summed E-state index contributed by atoms with van der Waals surface area (Å²) in [6.07, 6.45) is 1.83. The average Bonchev–Trinajstić information content (AvgIpc) is 2.82. The molecule has 0 amide bonds. The van der Waals surface area contributed by atoms with Crippen LogP contribution in [0.5, 0.6) is 0 Å². The maximum Gasteiger partial charge on any atom is 0.213 e. The second-order valence-corrected chi connectivity index (χ2v) is 3.51. The third-order valence-corrected chi connectivity index (χ3v) is 2.26. The fourth-order valence-corrected chi connectivity index (χ4v) is 1.40. The second-order valence-electron chi connectivity index (χ2n) is 3.51. The first-order valence-corrected chi connectivity index (χ1v) is 5.15. The van der Waals surface area contributed by atoms with Crippen LogP contribution in [0.2, 0.25) is 0 Å². The number of hydrogen-bond acceptors (Lipinski definition) is 4. The molecule has 0 spiro atoms. The highest BCUT2D eigenvalue weighted by atomic mass is 19.1. The molecule has 1 aromatic heterocycles. The summed E-state index contributed by atoms with van der Waals surface area (Å²) in [5.74, 6) is -0.281. The molecule has 1 N–H and O–H groups in total. The second kappa shape index (κ2) is 5.49. The zero-order chi connectivity index (χ0) is 12.1. The van der Waals surface area contributed by atoms with Crippen LogP contribution in [0.1, 0.15) is 11.4 Å². The number of halogens is 2. The van der Waals surface area contributed by atoms with Gasteiger partial charge in [0.15, 0.2) is 5.82 Å². The molecule has 0 fully saturated rings. The van der Waals surface area contributed by atoms with Crippen LogP contribution >= 0.6 is 0 Å². The van der Waals surface area contributed by atoms with E-state index in [0.717, 1.165) is 12.1 Å². The van der Waals surface area contributed by atoms with Gasteiger partial charge in [-0.25, -0.2) is 8.78 Å². The summed E-state index contributed by atoms with van der Waals surface area (Å²) < 4.78 is 30.6. The van der Waals surface area contributed by atoms with Crippen LogP contribution in [0.4, 0.5) is 8.78 Å². The highest BCUT2D eigenvalue weighted by Crippen LogP contribution is 2.08. The van der Waals surface area contributed by atoms with Crippen molar-refractivity contribution < 1.29 is 13.3 Å². The molecule has 6 heteroatoms. The van der Waals surface area contributed by atoms with E-state index in [4.69, 9.17) is 0 Å². The molecule has 0 saturated heterocycles. The lowest BCUT2D eigenvalue weighted by Gasteiger charge is -2.04. The maximum absolute atomic E-state index is 13.2. The van der Waals surface area contributed by atoms with E-state index in [0.29, 0.717) is 24.4 Å². The van der Waals surface area contributed by atoms with Gasteiger partial charge in [-0.05, 0) is 18.2 Å². The zero-order valence-corrected chi connectivity index (χ0v) is 8.99. The Hall–Kier alpha value is -1.82. The van der Waals surface area contributed by atoms with Gasteiger partial charge in [-0.2, -0.15) is 4.98 Å². The van der Waals surface area contributed by atoms with Gasteiger partial charge in [-0.15, -0.1) is 0 Å². The molecular formula is C11H11F2N3O. The normalized spacial score (nSPS) is 10.7. The predicted octanol–water partition coefficient (Wildman–Crippen LogP) is 1.68. The van der Waals surface area contributed by atoms with Crippen LogP contribution in [0.3, 0.4) is 0 Å². The van der Waals surface area contributed by atoms with Crippen molar-refractivity contribution in [2.24, 2.45) is 0 Å². The van der Waals surface area contributed by atoms with Crippen molar-refractivity contribution in [3.63, 3.8) is 0 Å². The molecular weight excluding hydrogens is 228 g/mol. The molecule has 0 bridgehead atoms. The fourth-order valence-electron chi connectivity index (χ4n) is 1.40. The van der Waals surface area contributed by atoms with Crippen LogP contribution in [-0.2, 0) is 13.0 Å². The lowest BCUT2D eigenvalue weighted by Crippen LogP contribution is -2.18. The van der Waals surface area contributed by atoms with Crippen molar-refractivity contribution in [2.75, 3.05) is 6.54 Å². The summed E-state index contributed by atoms with van der Waals surface area (Å²) in [5, 5.41) is 6.61. The summed E-state index contributed by atoms with van der Waals surface area (Å²) in [6.45, 7) is 0.830. The van der Waals surface area contributed by atoms with Crippen LogP contribution in [0.15, 0.2) is 29.1 Å². The molecule has 0 atom stereocenters. The Morgan fingerprint density at radius 2 is 2.18 bits per heavy atom. The first kappa shape index (κ1) is 11.7. The van der Waals surface area contributed by atoms with Crippen LogP contribution in [0, 0.1) is 11.6 Å². The predicted molar refractivity (Wildman–Crippen MR) is 56.1 cm³/mol. The summed E-state index contributed by atoms with van der Waals surface area (Å²) in [4.78, 5) is 3.84. The van der Waals surface area contributed by atoms with Gasteiger partial charge in [0.1, 0.15) is 11.6 Å². The van der Waals surface area contributed by atoms with Gasteiger partial charge in [-0.1, -0.05) is 5.16 Å². The van der Waals surface area contributed by atoms with E-state index < -0.39 is 11.6 Å². The first-order valence-electron chi connectivity index (χ1n) is 5.15. The summed E-state index contributed by atoms with van der Waals surface area (Å²) in [7, 11) is 0. The molecule has 0 aliphatic carbocycles. The number of rotatable bonds is 5. The minimum absolute atomic E-state index is 0.265. The molecule has 2 rings (SSSR count). The van der Waals surface area contributed by atoms with Crippen molar-refractivity contribution in [1.29, 1.82) is 0 Å².